The Bertz CT molecular complexity index is 231. The summed E-state index contributed by atoms with van der Waals surface area (Å²) in [5.74, 6) is -0.332. The van der Waals surface area contributed by atoms with Crippen molar-refractivity contribution in [3.05, 3.63) is 12.7 Å². The lowest BCUT2D eigenvalue weighted by molar-refractivity contribution is -0.116. The van der Waals surface area contributed by atoms with Gasteiger partial charge >= 0.3 is 0 Å². The second-order valence-electron chi connectivity index (χ2n) is 3.10. The number of carbonyl (C=O) groups excluding carboxylic acids is 1. The fourth-order valence-corrected chi connectivity index (χ4v) is 0.821. The average Bonchev–Trinajstić information content (AvgIpc) is 2.15. The summed E-state index contributed by atoms with van der Waals surface area (Å²) in [6.45, 7) is 7.61. The van der Waals surface area contributed by atoms with Gasteiger partial charge in [-0.25, -0.2) is 0 Å². The number of carbonyl (C=O) groups is 1. The first-order valence-corrected chi connectivity index (χ1v) is 4.54. The molecule has 0 aliphatic heterocycles. The first kappa shape index (κ1) is 12.7. The van der Waals surface area contributed by atoms with Crippen LogP contribution < -0.4 is 5.32 Å². The van der Waals surface area contributed by atoms with E-state index in [1.165, 1.54) is 0 Å². The molecular formula is C10H16N2O2. The van der Waals surface area contributed by atoms with E-state index < -0.39 is 6.04 Å². The van der Waals surface area contributed by atoms with Crippen molar-refractivity contribution in [1.29, 1.82) is 5.26 Å². The molecule has 0 heterocycles. The first-order chi connectivity index (χ1) is 6.60. The maximum absolute atomic E-state index is 10.9. The van der Waals surface area contributed by atoms with Gasteiger partial charge in [0.25, 0.3) is 0 Å². The Morgan fingerprint density at radius 3 is 2.79 bits per heavy atom. The van der Waals surface area contributed by atoms with Gasteiger partial charge in [0.15, 0.2) is 0 Å². The van der Waals surface area contributed by atoms with Crippen LogP contribution in [0.3, 0.4) is 0 Å². The van der Waals surface area contributed by atoms with Gasteiger partial charge in [-0.15, -0.1) is 0 Å². The largest absolute Gasteiger partial charge is 0.379 e. The minimum Gasteiger partial charge on any atom is -0.379 e. The molecule has 0 aromatic carbocycles. The molecule has 1 atom stereocenters. The van der Waals surface area contributed by atoms with E-state index in [0.717, 1.165) is 6.08 Å². The molecule has 0 saturated heterocycles. The second-order valence-corrected chi connectivity index (χ2v) is 3.10. The Kier molecular flexibility index (Phi) is 6.42. The lowest BCUT2D eigenvalue weighted by atomic mass is 10.2. The normalized spacial score (nSPS) is 11.9. The Morgan fingerprint density at radius 1 is 1.71 bits per heavy atom. The third-order valence-corrected chi connectivity index (χ3v) is 1.52. The van der Waals surface area contributed by atoms with Crippen molar-refractivity contribution < 1.29 is 9.53 Å². The molecule has 0 aromatic heterocycles. The van der Waals surface area contributed by atoms with Gasteiger partial charge in [0, 0.05) is 13.0 Å². The third kappa shape index (κ3) is 6.21. The van der Waals surface area contributed by atoms with E-state index in [1.54, 1.807) is 0 Å². The van der Waals surface area contributed by atoms with E-state index in [9.17, 15) is 4.79 Å². The molecule has 14 heavy (non-hydrogen) atoms. The van der Waals surface area contributed by atoms with E-state index in [0.29, 0.717) is 13.0 Å². The van der Waals surface area contributed by atoms with E-state index in [2.05, 4.69) is 11.9 Å². The number of nitriles is 1. The number of hydrogen-bond donors (Lipinski definition) is 1. The summed E-state index contributed by atoms with van der Waals surface area (Å²) in [6.07, 6.45) is 1.78. The van der Waals surface area contributed by atoms with Crippen LogP contribution in [-0.4, -0.2) is 24.7 Å². The molecule has 0 fully saturated rings. The van der Waals surface area contributed by atoms with Crippen LogP contribution in [0.4, 0.5) is 0 Å². The summed E-state index contributed by atoms with van der Waals surface area (Å²) in [4.78, 5) is 10.9. The molecule has 0 aliphatic carbocycles. The van der Waals surface area contributed by atoms with Gasteiger partial charge in [-0.3, -0.25) is 4.79 Å². The summed E-state index contributed by atoms with van der Waals surface area (Å²) in [6, 6.07) is 1.48. The average molecular weight is 196 g/mol. The number of nitrogens with zero attached hydrogens (tertiary/aromatic N) is 1. The van der Waals surface area contributed by atoms with Crippen molar-refractivity contribution >= 4 is 5.91 Å². The summed E-state index contributed by atoms with van der Waals surface area (Å²) >= 11 is 0. The lowest BCUT2D eigenvalue weighted by Gasteiger charge is -2.11. The van der Waals surface area contributed by atoms with Gasteiger partial charge in [0.1, 0.15) is 6.04 Å². The molecule has 0 bridgehead atoms. The van der Waals surface area contributed by atoms with Crippen molar-refractivity contribution in [2.75, 3.05) is 6.61 Å². The smallest absolute Gasteiger partial charge is 0.244 e. The molecule has 0 rings (SSSR count). The lowest BCUT2D eigenvalue weighted by Crippen LogP contribution is -2.33. The monoisotopic (exact) mass is 196 g/mol. The van der Waals surface area contributed by atoms with Crippen molar-refractivity contribution in [2.45, 2.75) is 32.4 Å². The molecule has 0 spiro atoms. The van der Waals surface area contributed by atoms with Gasteiger partial charge in [-0.2, -0.15) is 5.26 Å². The van der Waals surface area contributed by atoms with Gasteiger partial charge in [0.05, 0.1) is 12.2 Å². The van der Waals surface area contributed by atoms with Gasteiger partial charge in [-0.1, -0.05) is 6.58 Å². The van der Waals surface area contributed by atoms with Crippen LogP contribution in [0.2, 0.25) is 0 Å². The highest BCUT2D eigenvalue weighted by molar-refractivity contribution is 5.87. The summed E-state index contributed by atoms with van der Waals surface area (Å²) in [5, 5.41) is 11.2. The fraction of sp³-hybridized carbons (Fsp3) is 0.600. The number of amides is 1. The number of nitrogens with one attached hydrogen (secondary N) is 1. The maximum atomic E-state index is 10.9. The molecule has 0 saturated carbocycles. The topological polar surface area (TPSA) is 62.1 Å². The van der Waals surface area contributed by atoms with Crippen LogP contribution in [0.25, 0.3) is 0 Å². The van der Waals surface area contributed by atoms with E-state index in [1.807, 2.05) is 19.9 Å². The molecular weight excluding hydrogens is 180 g/mol. The fourth-order valence-electron chi connectivity index (χ4n) is 0.821. The van der Waals surface area contributed by atoms with Crippen LogP contribution in [0.15, 0.2) is 12.7 Å². The zero-order valence-corrected chi connectivity index (χ0v) is 8.62. The van der Waals surface area contributed by atoms with Gasteiger partial charge < -0.3 is 10.1 Å². The minimum absolute atomic E-state index is 0.143. The molecule has 0 aromatic rings. The number of hydrogen-bond acceptors (Lipinski definition) is 3. The zero-order valence-electron chi connectivity index (χ0n) is 8.62. The highest BCUT2D eigenvalue weighted by Crippen LogP contribution is 1.95. The Hall–Kier alpha value is -1.34. The molecule has 0 aliphatic rings. The Labute approximate surface area is 84.6 Å². The van der Waals surface area contributed by atoms with Crippen LogP contribution in [0, 0.1) is 11.3 Å². The molecule has 4 nitrogen and oxygen atoms in total. The molecule has 78 valence electrons. The van der Waals surface area contributed by atoms with Gasteiger partial charge in [0.2, 0.25) is 5.91 Å². The van der Waals surface area contributed by atoms with Crippen molar-refractivity contribution in [3.8, 4) is 6.07 Å². The summed E-state index contributed by atoms with van der Waals surface area (Å²) in [5.41, 5.74) is 0. The molecule has 1 unspecified atom stereocenters. The Balaban J connectivity index is 3.76. The maximum Gasteiger partial charge on any atom is 0.244 e. The van der Waals surface area contributed by atoms with Crippen LogP contribution in [0.1, 0.15) is 20.3 Å². The quantitative estimate of drug-likeness (QED) is 0.644. The van der Waals surface area contributed by atoms with E-state index >= 15 is 0 Å². The highest BCUT2D eigenvalue weighted by Gasteiger charge is 2.08. The van der Waals surface area contributed by atoms with Crippen molar-refractivity contribution in [2.24, 2.45) is 0 Å². The van der Waals surface area contributed by atoms with Gasteiger partial charge in [-0.05, 0) is 19.9 Å². The summed E-state index contributed by atoms with van der Waals surface area (Å²) in [7, 11) is 0. The van der Waals surface area contributed by atoms with Crippen molar-refractivity contribution in [1.82, 2.24) is 5.32 Å². The van der Waals surface area contributed by atoms with Crippen LogP contribution >= 0.6 is 0 Å². The molecule has 1 amide bonds. The minimum atomic E-state index is -0.501. The predicted octanol–water partition coefficient (Wildman–Crippen LogP) is 0.996. The number of rotatable bonds is 6. The zero-order chi connectivity index (χ0) is 11.0. The van der Waals surface area contributed by atoms with E-state index in [-0.39, 0.29) is 12.0 Å². The van der Waals surface area contributed by atoms with Crippen LogP contribution in [-0.2, 0) is 9.53 Å². The molecule has 0 radical (unpaired) electrons. The van der Waals surface area contributed by atoms with E-state index in [4.69, 9.17) is 10.00 Å². The highest BCUT2D eigenvalue weighted by atomic mass is 16.5. The molecule has 1 N–H and O–H groups in total. The summed E-state index contributed by atoms with van der Waals surface area (Å²) < 4.78 is 5.26. The third-order valence-electron chi connectivity index (χ3n) is 1.52. The predicted molar refractivity (Wildman–Crippen MR) is 53.4 cm³/mol. The molecule has 4 heteroatoms. The number of ether oxygens (including phenoxy) is 1. The van der Waals surface area contributed by atoms with Crippen LogP contribution in [0.5, 0.6) is 0 Å². The standard InChI is InChI=1S/C10H16N2O2/c1-4-10(13)12-9(7-11)5-6-14-8(2)3/h4,8-9H,1,5-6H2,2-3H3,(H,12,13). The van der Waals surface area contributed by atoms with Crippen molar-refractivity contribution in [3.63, 3.8) is 0 Å². The Morgan fingerprint density at radius 2 is 2.36 bits per heavy atom. The SMILES string of the molecule is C=CC(=O)NC(C#N)CCOC(C)C. The first-order valence-electron chi connectivity index (χ1n) is 4.54. The second kappa shape index (κ2) is 7.10.